The summed E-state index contributed by atoms with van der Waals surface area (Å²) in [5, 5.41) is 20.5. The summed E-state index contributed by atoms with van der Waals surface area (Å²) in [6, 6.07) is 0. The first-order valence-electron chi connectivity index (χ1n) is 11.4. The number of allylic oxidation sites excluding steroid dienone is 2. The van der Waals surface area contributed by atoms with Crippen LogP contribution in [-0.2, 0) is 23.9 Å². The van der Waals surface area contributed by atoms with Crippen molar-refractivity contribution < 1.29 is 34.1 Å². The second kappa shape index (κ2) is 9.22. The molecule has 0 radical (unpaired) electrons. The highest BCUT2D eigenvalue weighted by molar-refractivity contribution is 5.88. The normalized spacial score (nSPS) is 34.8. The van der Waals surface area contributed by atoms with Crippen molar-refractivity contribution in [2.45, 2.75) is 72.5 Å². The maximum Gasteiger partial charge on any atom is 0.333 e. The van der Waals surface area contributed by atoms with Gasteiger partial charge in [0.15, 0.2) is 0 Å². The number of ether oxygens (including phenoxy) is 2. The molecule has 1 fully saturated rings. The molecule has 32 heavy (non-hydrogen) atoms. The van der Waals surface area contributed by atoms with Crippen molar-refractivity contribution in [1.29, 1.82) is 0 Å². The van der Waals surface area contributed by atoms with Crippen LogP contribution < -0.4 is 0 Å². The minimum atomic E-state index is -1.22. The lowest BCUT2D eigenvalue weighted by atomic mass is 9.46. The van der Waals surface area contributed by atoms with Gasteiger partial charge in [-0.2, -0.15) is 0 Å². The van der Waals surface area contributed by atoms with Crippen LogP contribution in [0.15, 0.2) is 34.9 Å². The lowest BCUT2D eigenvalue weighted by Crippen LogP contribution is -2.55. The van der Waals surface area contributed by atoms with Crippen molar-refractivity contribution in [3.8, 4) is 0 Å². The van der Waals surface area contributed by atoms with E-state index in [-0.39, 0.29) is 23.9 Å². The topological polar surface area (TPSA) is 110 Å². The summed E-state index contributed by atoms with van der Waals surface area (Å²) in [6.07, 6.45) is 7.53. The third-order valence-corrected chi connectivity index (χ3v) is 8.20. The summed E-state index contributed by atoms with van der Waals surface area (Å²) in [5.74, 6) is -1.73. The molecule has 7 heteroatoms. The van der Waals surface area contributed by atoms with Gasteiger partial charge in [0.25, 0.3) is 0 Å². The Morgan fingerprint density at radius 1 is 1.34 bits per heavy atom. The number of aliphatic hydroxyl groups excluding tert-OH is 1. The van der Waals surface area contributed by atoms with Crippen LogP contribution in [-0.4, -0.2) is 41.0 Å². The molecule has 5 atom stereocenters. The van der Waals surface area contributed by atoms with Crippen LogP contribution in [0.5, 0.6) is 0 Å². The predicted octanol–water partition coefficient (Wildman–Crippen LogP) is 3.92. The summed E-state index contributed by atoms with van der Waals surface area (Å²) in [7, 11) is 0. The summed E-state index contributed by atoms with van der Waals surface area (Å²) < 4.78 is 10.3. The van der Waals surface area contributed by atoms with Gasteiger partial charge in [-0.05, 0) is 75.2 Å². The van der Waals surface area contributed by atoms with Gasteiger partial charge in [0.1, 0.15) is 6.61 Å². The Hall–Kier alpha value is -2.41. The average Bonchev–Trinajstić information content (AvgIpc) is 3.09. The molecule has 0 aromatic carbocycles. The first-order chi connectivity index (χ1) is 15.1. The molecule has 0 aromatic rings. The zero-order valence-electron chi connectivity index (χ0n) is 19.3. The van der Waals surface area contributed by atoms with Crippen LogP contribution in [0.3, 0.4) is 0 Å². The highest BCUT2D eigenvalue weighted by atomic mass is 16.6. The molecule has 0 spiro atoms. The first kappa shape index (κ1) is 24.2. The molecule has 0 amide bonds. The number of aliphatic carboxylic acids is 1. The van der Waals surface area contributed by atoms with Gasteiger partial charge in [0, 0.05) is 17.2 Å². The number of esters is 2. The van der Waals surface area contributed by atoms with Gasteiger partial charge < -0.3 is 19.7 Å². The van der Waals surface area contributed by atoms with Gasteiger partial charge in [-0.15, -0.1) is 0 Å². The monoisotopic (exact) mass is 446 g/mol. The molecule has 1 saturated carbocycles. The molecular formula is C25H34O7. The van der Waals surface area contributed by atoms with Gasteiger partial charge >= 0.3 is 17.9 Å². The Morgan fingerprint density at radius 3 is 2.66 bits per heavy atom. The van der Waals surface area contributed by atoms with Crippen LogP contribution >= 0.6 is 0 Å². The van der Waals surface area contributed by atoms with Gasteiger partial charge in [-0.1, -0.05) is 26.0 Å². The maximum absolute atomic E-state index is 12.8. The van der Waals surface area contributed by atoms with Crippen LogP contribution in [0.4, 0.5) is 0 Å². The number of carboxylic acid groups (broad SMARTS) is 1. The van der Waals surface area contributed by atoms with Crippen LogP contribution in [0.1, 0.15) is 66.2 Å². The van der Waals surface area contributed by atoms with E-state index in [1.807, 2.05) is 6.08 Å². The summed E-state index contributed by atoms with van der Waals surface area (Å²) in [5.41, 5.74) is 0.293. The number of carbonyl (C=O) groups excluding carboxylic acids is 2. The molecule has 1 aliphatic heterocycles. The second-order valence-corrected chi connectivity index (χ2v) is 9.64. The van der Waals surface area contributed by atoms with Crippen LogP contribution in [0.25, 0.3) is 0 Å². The summed E-state index contributed by atoms with van der Waals surface area (Å²) in [4.78, 5) is 36.5. The van der Waals surface area contributed by atoms with Gasteiger partial charge in [0.05, 0.1) is 5.41 Å². The fourth-order valence-corrected chi connectivity index (χ4v) is 5.85. The molecule has 176 valence electrons. The van der Waals surface area contributed by atoms with E-state index in [9.17, 15) is 24.6 Å². The van der Waals surface area contributed by atoms with Crippen LogP contribution in [0, 0.1) is 22.7 Å². The zero-order chi connectivity index (χ0) is 23.7. The number of fused-ring (bicyclic) bond motifs is 1. The van der Waals surface area contributed by atoms with E-state index in [1.165, 1.54) is 6.08 Å². The average molecular weight is 447 g/mol. The lowest BCUT2D eigenvalue weighted by Gasteiger charge is -2.57. The van der Waals surface area contributed by atoms with Crippen molar-refractivity contribution in [3.05, 3.63) is 34.9 Å². The molecule has 1 heterocycles. The quantitative estimate of drug-likeness (QED) is 0.346. The first-order valence-corrected chi connectivity index (χ1v) is 11.4. The summed E-state index contributed by atoms with van der Waals surface area (Å²) in [6.45, 7) is 7.69. The van der Waals surface area contributed by atoms with Gasteiger partial charge in [-0.3, -0.25) is 4.79 Å². The van der Waals surface area contributed by atoms with Gasteiger partial charge in [-0.25, -0.2) is 9.59 Å². The number of rotatable bonds is 7. The van der Waals surface area contributed by atoms with E-state index in [2.05, 4.69) is 13.8 Å². The minimum absolute atomic E-state index is 0.0243. The number of carboxylic acids is 1. The molecule has 2 N–H and O–H groups in total. The largest absolute Gasteiger partial charge is 0.481 e. The molecule has 5 unspecified atom stereocenters. The van der Waals surface area contributed by atoms with E-state index >= 15 is 0 Å². The van der Waals surface area contributed by atoms with E-state index in [0.717, 1.165) is 19.3 Å². The highest BCUT2D eigenvalue weighted by Crippen LogP contribution is 2.62. The third-order valence-electron chi connectivity index (χ3n) is 8.20. The Morgan fingerprint density at radius 2 is 2.06 bits per heavy atom. The van der Waals surface area contributed by atoms with Crippen molar-refractivity contribution in [2.24, 2.45) is 22.7 Å². The highest BCUT2D eigenvalue weighted by Gasteiger charge is 2.60. The number of cyclic esters (lactones) is 1. The van der Waals surface area contributed by atoms with Crippen molar-refractivity contribution >= 4 is 17.9 Å². The molecule has 2 aliphatic carbocycles. The van der Waals surface area contributed by atoms with E-state index in [4.69, 9.17) is 9.47 Å². The van der Waals surface area contributed by atoms with Crippen molar-refractivity contribution in [1.82, 2.24) is 0 Å². The summed E-state index contributed by atoms with van der Waals surface area (Å²) >= 11 is 0. The van der Waals surface area contributed by atoms with Crippen molar-refractivity contribution in [3.63, 3.8) is 0 Å². The standard InChI is InChI=1S/C25H34O7/c1-5-15(2)21(27)31-14-18-7-6-8-19-24(4,11-10-17-13-20(26)32-22(17)28)16(3)9-12-25(18,19)23(29)30/h5,7,13,16,19,22,28H,6,8-12,14H2,1-4H3,(H,29,30). The Bertz CT molecular complexity index is 883. The molecule has 7 nitrogen and oxygen atoms in total. The fraction of sp³-hybridized carbons (Fsp3) is 0.640. The molecule has 0 saturated heterocycles. The molecule has 0 aromatic heterocycles. The third kappa shape index (κ3) is 4.15. The number of aliphatic hydroxyl groups is 1. The van der Waals surface area contributed by atoms with E-state index in [1.54, 1.807) is 19.9 Å². The van der Waals surface area contributed by atoms with E-state index in [0.29, 0.717) is 36.0 Å². The molecule has 0 bridgehead atoms. The number of carbonyl (C=O) groups is 3. The Kier molecular flexibility index (Phi) is 6.98. The lowest BCUT2D eigenvalue weighted by molar-refractivity contribution is -0.164. The Balaban J connectivity index is 1.88. The predicted molar refractivity (Wildman–Crippen MR) is 117 cm³/mol. The number of hydrogen-bond acceptors (Lipinski definition) is 6. The SMILES string of the molecule is CC=C(C)C(=O)OCC1=CCCC2C1(C(=O)O)CCC(C)C2(C)CCC1=CC(=O)OC1O. The molecular weight excluding hydrogens is 412 g/mol. The zero-order valence-corrected chi connectivity index (χ0v) is 19.3. The molecule has 3 rings (SSSR count). The van der Waals surface area contributed by atoms with Crippen LogP contribution in [0.2, 0.25) is 0 Å². The smallest absolute Gasteiger partial charge is 0.333 e. The van der Waals surface area contributed by atoms with E-state index < -0.39 is 29.6 Å². The molecule has 3 aliphatic rings. The van der Waals surface area contributed by atoms with Gasteiger partial charge in [0.2, 0.25) is 6.29 Å². The maximum atomic E-state index is 12.8. The number of hydrogen-bond donors (Lipinski definition) is 2. The van der Waals surface area contributed by atoms with Crippen molar-refractivity contribution in [2.75, 3.05) is 6.61 Å². The minimum Gasteiger partial charge on any atom is -0.481 e. The second-order valence-electron chi connectivity index (χ2n) is 9.64. The fourth-order valence-electron chi connectivity index (χ4n) is 5.85. The Labute approximate surface area is 189 Å².